The third kappa shape index (κ3) is 5.25. The van der Waals surface area contributed by atoms with Crippen molar-refractivity contribution in [3.05, 3.63) is 47.5 Å². The number of hydrogen-bond donors (Lipinski definition) is 0. The number of piperazine rings is 1. The van der Waals surface area contributed by atoms with Crippen LogP contribution < -0.4 is 9.64 Å². The molecule has 4 rings (SSSR count). The number of rotatable bonds is 5. The number of benzene rings is 1. The fraction of sp³-hybridized carbons (Fsp3) is 0.522. The number of ether oxygens (including phenoxy) is 1. The molecule has 0 radical (unpaired) electrons. The van der Waals surface area contributed by atoms with E-state index in [0.717, 1.165) is 37.3 Å². The van der Waals surface area contributed by atoms with Crippen LogP contribution in [0.2, 0.25) is 0 Å². The van der Waals surface area contributed by atoms with Gasteiger partial charge in [0.1, 0.15) is 6.10 Å². The van der Waals surface area contributed by atoms with Crippen molar-refractivity contribution in [1.29, 1.82) is 0 Å². The van der Waals surface area contributed by atoms with Crippen LogP contribution in [0.1, 0.15) is 43.2 Å². The van der Waals surface area contributed by atoms with Crippen LogP contribution in [-0.4, -0.2) is 53.3 Å². The fourth-order valence-corrected chi connectivity index (χ4v) is 4.19. The molecule has 1 aliphatic carbocycles. The van der Waals surface area contributed by atoms with E-state index in [1.54, 1.807) is 0 Å². The summed E-state index contributed by atoms with van der Waals surface area (Å²) >= 11 is 0. The summed E-state index contributed by atoms with van der Waals surface area (Å²) in [6, 6.07) is 12.1. The zero-order valence-electron chi connectivity index (χ0n) is 17.2. The lowest BCUT2D eigenvalue weighted by Gasteiger charge is -2.35. The minimum Gasteiger partial charge on any atom is -0.473 e. The Morgan fingerprint density at radius 3 is 2.52 bits per heavy atom. The zero-order valence-corrected chi connectivity index (χ0v) is 17.2. The molecule has 0 atom stereocenters. The Hall–Kier alpha value is -2.63. The predicted molar refractivity (Wildman–Crippen MR) is 113 cm³/mol. The van der Waals surface area contributed by atoms with Crippen molar-refractivity contribution in [3.63, 3.8) is 0 Å². The van der Waals surface area contributed by atoms with Gasteiger partial charge in [-0.05, 0) is 44.2 Å². The molecule has 2 fully saturated rings. The molecule has 1 aliphatic heterocycles. The second-order valence-corrected chi connectivity index (χ2v) is 8.14. The Bertz CT molecular complexity index is 810. The molecule has 1 aromatic carbocycles. The monoisotopic (exact) mass is 394 g/mol. The van der Waals surface area contributed by atoms with Crippen LogP contribution in [0.5, 0.6) is 5.88 Å². The Morgan fingerprint density at radius 1 is 1.03 bits per heavy atom. The van der Waals surface area contributed by atoms with Crippen LogP contribution in [0.4, 0.5) is 5.82 Å². The lowest BCUT2D eigenvalue weighted by atomic mass is 9.98. The second-order valence-electron chi connectivity index (χ2n) is 8.14. The van der Waals surface area contributed by atoms with E-state index in [1.807, 2.05) is 29.2 Å². The molecule has 1 amide bonds. The average molecular weight is 395 g/mol. The molecule has 0 N–H and O–H groups in total. The lowest BCUT2D eigenvalue weighted by Crippen LogP contribution is -2.49. The summed E-state index contributed by atoms with van der Waals surface area (Å²) in [6.45, 7) is 5.03. The van der Waals surface area contributed by atoms with Crippen LogP contribution in [0, 0.1) is 6.92 Å². The van der Waals surface area contributed by atoms with Crippen LogP contribution in [0.15, 0.2) is 36.4 Å². The molecule has 154 valence electrons. The standard InChI is InChI=1S/C23H30N4O2/c1-18-6-5-7-19(16-18)17-23(28)27-14-12-26(13-15-27)21-10-11-22(25-24-21)29-20-8-3-2-4-9-20/h5-7,10-11,16,20H,2-4,8-9,12-15,17H2,1H3. The molecule has 29 heavy (non-hydrogen) atoms. The molecule has 0 spiro atoms. The summed E-state index contributed by atoms with van der Waals surface area (Å²) in [6.07, 6.45) is 6.76. The molecule has 0 bridgehead atoms. The molecule has 2 heterocycles. The number of nitrogens with zero attached hydrogens (tertiary/aromatic N) is 4. The highest BCUT2D eigenvalue weighted by Gasteiger charge is 2.22. The van der Waals surface area contributed by atoms with Gasteiger partial charge < -0.3 is 14.5 Å². The molecule has 2 aromatic rings. The van der Waals surface area contributed by atoms with Crippen LogP contribution in [0.25, 0.3) is 0 Å². The van der Waals surface area contributed by atoms with Crippen molar-refractivity contribution in [3.8, 4) is 5.88 Å². The summed E-state index contributed by atoms with van der Waals surface area (Å²) in [5, 5.41) is 8.63. The first kappa shape index (κ1) is 19.7. The van der Waals surface area contributed by atoms with E-state index in [4.69, 9.17) is 4.74 Å². The topological polar surface area (TPSA) is 58.6 Å². The zero-order chi connectivity index (χ0) is 20.1. The van der Waals surface area contributed by atoms with E-state index in [9.17, 15) is 4.79 Å². The molecular weight excluding hydrogens is 364 g/mol. The van der Waals surface area contributed by atoms with E-state index in [2.05, 4.69) is 34.2 Å². The minimum atomic E-state index is 0.192. The van der Waals surface area contributed by atoms with Gasteiger partial charge in [0, 0.05) is 32.2 Å². The number of hydrogen-bond acceptors (Lipinski definition) is 5. The Balaban J connectivity index is 1.27. The quantitative estimate of drug-likeness (QED) is 0.778. The highest BCUT2D eigenvalue weighted by Crippen LogP contribution is 2.23. The van der Waals surface area contributed by atoms with Gasteiger partial charge in [0.05, 0.1) is 6.42 Å². The van der Waals surface area contributed by atoms with Crippen LogP contribution in [-0.2, 0) is 11.2 Å². The maximum Gasteiger partial charge on any atom is 0.233 e. The minimum absolute atomic E-state index is 0.192. The van der Waals surface area contributed by atoms with Gasteiger partial charge in [-0.15, -0.1) is 10.2 Å². The number of carbonyl (C=O) groups is 1. The van der Waals surface area contributed by atoms with Gasteiger partial charge in [-0.25, -0.2) is 0 Å². The lowest BCUT2D eigenvalue weighted by molar-refractivity contribution is -0.130. The summed E-state index contributed by atoms with van der Waals surface area (Å²) in [7, 11) is 0. The molecule has 6 nitrogen and oxygen atoms in total. The largest absolute Gasteiger partial charge is 0.473 e. The van der Waals surface area contributed by atoms with Gasteiger partial charge in [0.15, 0.2) is 5.82 Å². The molecule has 1 saturated carbocycles. The maximum atomic E-state index is 12.6. The predicted octanol–water partition coefficient (Wildman–Crippen LogP) is 3.39. The number of anilines is 1. The third-order valence-corrected chi connectivity index (χ3v) is 5.86. The van der Waals surface area contributed by atoms with Crippen molar-refractivity contribution < 1.29 is 9.53 Å². The first-order chi connectivity index (χ1) is 14.2. The number of carbonyl (C=O) groups excluding carboxylic acids is 1. The van der Waals surface area contributed by atoms with Gasteiger partial charge in [-0.1, -0.05) is 36.2 Å². The van der Waals surface area contributed by atoms with E-state index < -0.39 is 0 Å². The SMILES string of the molecule is Cc1cccc(CC(=O)N2CCN(c3ccc(OC4CCCCC4)nn3)CC2)c1. The van der Waals surface area contributed by atoms with Crippen molar-refractivity contribution in [2.45, 2.75) is 51.6 Å². The Labute approximate surface area is 172 Å². The van der Waals surface area contributed by atoms with Crippen molar-refractivity contribution in [1.82, 2.24) is 15.1 Å². The van der Waals surface area contributed by atoms with Crippen molar-refractivity contribution in [2.75, 3.05) is 31.1 Å². The summed E-state index contributed by atoms with van der Waals surface area (Å²) in [5.41, 5.74) is 2.27. The third-order valence-electron chi connectivity index (χ3n) is 5.86. The second kappa shape index (κ2) is 9.25. The number of aromatic nitrogens is 2. The molecule has 6 heteroatoms. The number of amides is 1. The molecule has 1 aromatic heterocycles. The van der Waals surface area contributed by atoms with E-state index in [0.29, 0.717) is 25.4 Å². The van der Waals surface area contributed by atoms with E-state index in [1.165, 1.54) is 24.8 Å². The Morgan fingerprint density at radius 2 is 1.83 bits per heavy atom. The summed E-state index contributed by atoms with van der Waals surface area (Å²) < 4.78 is 5.97. The van der Waals surface area contributed by atoms with Crippen LogP contribution >= 0.6 is 0 Å². The van der Waals surface area contributed by atoms with Gasteiger partial charge in [-0.2, -0.15) is 0 Å². The summed E-state index contributed by atoms with van der Waals surface area (Å²) in [4.78, 5) is 16.8. The molecular formula is C23H30N4O2. The van der Waals surface area contributed by atoms with Gasteiger partial charge in [-0.3, -0.25) is 4.79 Å². The smallest absolute Gasteiger partial charge is 0.233 e. The highest BCUT2D eigenvalue weighted by molar-refractivity contribution is 5.79. The van der Waals surface area contributed by atoms with Gasteiger partial charge in [0.25, 0.3) is 0 Å². The normalized spacial score (nSPS) is 18.0. The van der Waals surface area contributed by atoms with Gasteiger partial charge >= 0.3 is 0 Å². The highest BCUT2D eigenvalue weighted by atomic mass is 16.5. The van der Waals surface area contributed by atoms with Gasteiger partial charge in [0.2, 0.25) is 11.8 Å². The van der Waals surface area contributed by atoms with Crippen LogP contribution in [0.3, 0.4) is 0 Å². The number of aryl methyl sites for hydroxylation is 1. The first-order valence-corrected chi connectivity index (χ1v) is 10.8. The fourth-order valence-electron chi connectivity index (χ4n) is 4.19. The van der Waals surface area contributed by atoms with Crippen molar-refractivity contribution in [2.24, 2.45) is 0 Å². The molecule has 2 aliphatic rings. The maximum absolute atomic E-state index is 12.6. The summed E-state index contributed by atoms with van der Waals surface area (Å²) in [5.74, 6) is 1.66. The van der Waals surface area contributed by atoms with E-state index >= 15 is 0 Å². The van der Waals surface area contributed by atoms with Crippen molar-refractivity contribution >= 4 is 11.7 Å². The Kier molecular flexibility index (Phi) is 6.27. The average Bonchev–Trinajstić information content (AvgIpc) is 2.75. The van der Waals surface area contributed by atoms with E-state index in [-0.39, 0.29) is 12.0 Å². The first-order valence-electron chi connectivity index (χ1n) is 10.8. The molecule has 0 unspecified atom stereocenters. The molecule has 1 saturated heterocycles.